The van der Waals surface area contributed by atoms with E-state index >= 15 is 0 Å². The van der Waals surface area contributed by atoms with E-state index in [4.69, 9.17) is 20.8 Å². The molecule has 2 atom stereocenters. The van der Waals surface area contributed by atoms with Crippen LogP contribution in [0, 0.1) is 17.2 Å². The van der Waals surface area contributed by atoms with Crippen molar-refractivity contribution < 1.29 is 14.6 Å². The van der Waals surface area contributed by atoms with Crippen LogP contribution in [-0.4, -0.2) is 18.2 Å². The summed E-state index contributed by atoms with van der Waals surface area (Å²) in [5.41, 5.74) is 6.84. The summed E-state index contributed by atoms with van der Waals surface area (Å²) in [6.45, 7) is 0. The largest absolute Gasteiger partial charge is 0.497 e. The smallest absolute Gasteiger partial charge is 0.320 e. The van der Waals surface area contributed by atoms with Crippen molar-refractivity contribution in [2.75, 3.05) is 7.11 Å². The summed E-state index contributed by atoms with van der Waals surface area (Å²) in [7, 11) is 1.57. The Bertz CT molecular complexity index is 454. The van der Waals surface area contributed by atoms with Crippen LogP contribution in [0.15, 0.2) is 24.3 Å². The van der Waals surface area contributed by atoms with Crippen LogP contribution in [0.4, 0.5) is 0 Å². The van der Waals surface area contributed by atoms with Gasteiger partial charge in [-0.25, -0.2) is 0 Å². The molecule has 18 heavy (non-hydrogen) atoms. The maximum atomic E-state index is 10.7. The maximum Gasteiger partial charge on any atom is 0.320 e. The molecule has 0 aliphatic rings. The van der Waals surface area contributed by atoms with E-state index in [-0.39, 0.29) is 12.5 Å². The van der Waals surface area contributed by atoms with Gasteiger partial charge in [-0.1, -0.05) is 12.1 Å². The van der Waals surface area contributed by atoms with E-state index in [9.17, 15) is 4.79 Å². The maximum absolute atomic E-state index is 10.7. The van der Waals surface area contributed by atoms with Crippen LogP contribution in [0.25, 0.3) is 0 Å². The molecule has 0 amide bonds. The van der Waals surface area contributed by atoms with E-state index in [2.05, 4.69) is 0 Å². The lowest BCUT2D eigenvalue weighted by Crippen LogP contribution is -2.16. The van der Waals surface area contributed by atoms with E-state index in [1.54, 1.807) is 13.2 Å². The molecule has 5 nitrogen and oxygen atoms in total. The molecule has 1 aromatic carbocycles. The number of carboxylic acids is 1. The fourth-order valence-electron chi connectivity index (χ4n) is 1.63. The quantitative estimate of drug-likeness (QED) is 0.798. The number of carboxylic acid groups (broad SMARTS) is 1. The van der Waals surface area contributed by atoms with Crippen LogP contribution < -0.4 is 10.5 Å². The molecule has 0 heterocycles. The molecule has 1 unspecified atom stereocenters. The first-order valence-corrected chi connectivity index (χ1v) is 5.60. The normalized spacial score (nSPS) is 13.4. The van der Waals surface area contributed by atoms with Crippen LogP contribution in [0.5, 0.6) is 5.75 Å². The third-order valence-corrected chi connectivity index (χ3v) is 2.74. The zero-order valence-corrected chi connectivity index (χ0v) is 10.2. The minimum absolute atomic E-state index is 0.240. The molecule has 0 aromatic heterocycles. The number of methoxy groups -OCH3 is 1. The summed E-state index contributed by atoms with van der Waals surface area (Å²) < 4.78 is 5.09. The third-order valence-electron chi connectivity index (χ3n) is 2.74. The van der Waals surface area contributed by atoms with Gasteiger partial charge < -0.3 is 15.6 Å². The first kappa shape index (κ1) is 14.0. The minimum atomic E-state index is -1.10. The number of carbonyl (C=O) groups is 1. The molecule has 0 bridgehead atoms. The van der Waals surface area contributed by atoms with Crippen molar-refractivity contribution in [3.8, 4) is 11.8 Å². The Morgan fingerprint density at radius 2 is 2.28 bits per heavy atom. The third kappa shape index (κ3) is 3.75. The van der Waals surface area contributed by atoms with Crippen LogP contribution in [0.2, 0.25) is 0 Å². The van der Waals surface area contributed by atoms with Crippen molar-refractivity contribution in [1.29, 1.82) is 5.26 Å². The van der Waals surface area contributed by atoms with Gasteiger partial charge in [0, 0.05) is 6.04 Å². The van der Waals surface area contributed by atoms with Crippen molar-refractivity contribution in [2.24, 2.45) is 11.7 Å². The van der Waals surface area contributed by atoms with Gasteiger partial charge in [0.05, 0.1) is 13.2 Å². The van der Waals surface area contributed by atoms with Crippen LogP contribution in [0.3, 0.4) is 0 Å². The van der Waals surface area contributed by atoms with Gasteiger partial charge in [-0.15, -0.1) is 0 Å². The van der Waals surface area contributed by atoms with Crippen molar-refractivity contribution in [3.05, 3.63) is 29.8 Å². The van der Waals surface area contributed by atoms with E-state index in [1.807, 2.05) is 24.3 Å². The van der Waals surface area contributed by atoms with Gasteiger partial charge in [0.25, 0.3) is 0 Å². The molecule has 0 saturated heterocycles. The molecule has 96 valence electrons. The number of nitriles is 1. The molecule has 3 N–H and O–H groups in total. The lowest BCUT2D eigenvalue weighted by molar-refractivity contribution is -0.140. The molecular formula is C13H16N2O3. The van der Waals surface area contributed by atoms with Crippen LogP contribution in [0.1, 0.15) is 24.4 Å². The molecule has 1 aromatic rings. The van der Waals surface area contributed by atoms with Gasteiger partial charge in [-0.2, -0.15) is 5.26 Å². The number of aliphatic carboxylic acids is 1. The zero-order valence-electron chi connectivity index (χ0n) is 10.2. The Hall–Kier alpha value is -2.06. The molecule has 5 heteroatoms. The summed E-state index contributed by atoms with van der Waals surface area (Å²) >= 11 is 0. The second-order valence-corrected chi connectivity index (χ2v) is 3.98. The van der Waals surface area contributed by atoms with E-state index in [0.717, 1.165) is 5.56 Å². The topological polar surface area (TPSA) is 96.3 Å². The summed E-state index contributed by atoms with van der Waals surface area (Å²) in [5, 5.41) is 17.4. The monoisotopic (exact) mass is 248 g/mol. The Morgan fingerprint density at radius 3 is 2.83 bits per heavy atom. The van der Waals surface area contributed by atoms with E-state index in [0.29, 0.717) is 12.2 Å². The Labute approximate surface area is 106 Å². The highest BCUT2D eigenvalue weighted by Gasteiger charge is 2.18. The van der Waals surface area contributed by atoms with Crippen LogP contribution >= 0.6 is 0 Å². The number of nitrogens with two attached hydrogens (primary N) is 1. The molecule has 0 radical (unpaired) electrons. The second-order valence-electron chi connectivity index (χ2n) is 3.98. The van der Waals surface area contributed by atoms with Crippen molar-refractivity contribution in [2.45, 2.75) is 18.9 Å². The highest BCUT2D eigenvalue weighted by atomic mass is 16.5. The van der Waals surface area contributed by atoms with Gasteiger partial charge in [-0.05, 0) is 30.5 Å². The SMILES string of the molecule is COc1cccc([C@H](N)CCC(C#N)C(=O)O)c1. The van der Waals surface area contributed by atoms with Crippen molar-refractivity contribution >= 4 is 5.97 Å². The highest BCUT2D eigenvalue weighted by Crippen LogP contribution is 2.22. The van der Waals surface area contributed by atoms with Crippen molar-refractivity contribution in [3.63, 3.8) is 0 Å². The molecular weight excluding hydrogens is 232 g/mol. The zero-order chi connectivity index (χ0) is 13.5. The molecule has 0 fully saturated rings. The summed E-state index contributed by atoms with van der Waals surface area (Å²) in [6, 6.07) is 8.76. The van der Waals surface area contributed by atoms with Crippen molar-refractivity contribution in [1.82, 2.24) is 0 Å². The average molecular weight is 248 g/mol. The number of benzene rings is 1. The molecule has 0 aliphatic heterocycles. The standard InChI is InChI=1S/C13H16N2O3/c1-18-11-4-2-3-9(7-11)12(15)6-5-10(8-14)13(16)17/h2-4,7,10,12H,5-6,15H2,1H3,(H,16,17)/t10?,12-/m1/s1. The number of hydrogen-bond donors (Lipinski definition) is 2. The fraction of sp³-hybridized carbons (Fsp3) is 0.385. The average Bonchev–Trinajstić information content (AvgIpc) is 2.38. The van der Waals surface area contributed by atoms with E-state index in [1.165, 1.54) is 0 Å². The lowest BCUT2D eigenvalue weighted by atomic mass is 9.97. The van der Waals surface area contributed by atoms with Gasteiger partial charge in [-0.3, -0.25) is 4.79 Å². The van der Waals surface area contributed by atoms with Gasteiger partial charge in [0.2, 0.25) is 0 Å². The molecule has 1 rings (SSSR count). The molecule has 0 aliphatic carbocycles. The first-order valence-electron chi connectivity index (χ1n) is 5.60. The van der Waals surface area contributed by atoms with Gasteiger partial charge >= 0.3 is 5.97 Å². The predicted molar refractivity (Wildman–Crippen MR) is 65.9 cm³/mol. The number of ether oxygens (including phenoxy) is 1. The molecule has 0 spiro atoms. The van der Waals surface area contributed by atoms with Gasteiger partial charge in [0.15, 0.2) is 0 Å². The first-order chi connectivity index (χ1) is 8.58. The summed E-state index contributed by atoms with van der Waals surface area (Å²) in [6.07, 6.45) is 0.682. The lowest BCUT2D eigenvalue weighted by Gasteiger charge is -2.13. The summed E-state index contributed by atoms with van der Waals surface area (Å²) in [5.74, 6) is -1.39. The number of hydrogen-bond acceptors (Lipinski definition) is 4. The molecule has 0 saturated carbocycles. The second kappa shape index (κ2) is 6.62. The Morgan fingerprint density at radius 1 is 1.56 bits per heavy atom. The Kier molecular flexibility index (Phi) is 5.15. The minimum Gasteiger partial charge on any atom is -0.497 e. The van der Waals surface area contributed by atoms with Crippen LogP contribution in [-0.2, 0) is 4.79 Å². The fourth-order valence-corrected chi connectivity index (χ4v) is 1.63. The number of nitrogens with zero attached hydrogens (tertiary/aromatic N) is 1. The number of rotatable bonds is 6. The van der Waals surface area contributed by atoms with E-state index < -0.39 is 11.9 Å². The summed E-state index contributed by atoms with van der Waals surface area (Å²) in [4.78, 5) is 10.7. The highest BCUT2D eigenvalue weighted by molar-refractivity contribution is 5.72. The Balaban J connectivity index is 2.62. The predicted octanol–water partition coefficient (Wildman–Crippen LogP) is 1.70. The van der Waals surface area contributed by atoms with Gasteiger partial charge in [0.1, 0.15) is 11.7 Å².